The van der Waals surface area contributed by atoms with E-state index in [1.54, 1.807) is 24.3 Å². The van der Waals surface area contributed by atoms with Gasteiger partial charge in [0.2, 0.25) is 0 Å². The van der Waals surface area contributed by atoms with Crippen molar-refractivity contribution in [1.82, 2.24) is 4.98 Å². The third-order valence-corrected chi connectivity index (χ3v) is 4.60. The van der Waals surface area contributed by atoms with Crippen LogP contribution in [0.15, 0.2) is 47.8 Å². The van der Waals surface area contributed by atoms with Crippen LogP contribution in [-0.4, -0.2) is 10.9 Å². The minimum atomic E-state index is -0.252. The molecular formula is C18H15ClN2OS. The molecule has 116 valence electrons. The second-order valence-corrected chi connectivity index (χ2v) is 6.56. The van der Waals surface area contributed by atoms with E-state index in [0.29, 0.717) is 15.7 Å². The number of nitrogens with one attached hydrogen (secondary N) is 1. The molecule has 1 amide bonds. The fourth-order valence-corrected chi connectivity index (χ4v) is 3.20. The number of halogens is 1. The van der Waals surface area contributed by atoms with Crippen LogP contribution >= 0.6 is 22.9 Å². The van der Waals surface area contributed by atoms with Crippen molar-refractivity contribution in [3.8, 4) is 11.3 Å². The fourth-order valence-electron chi connectivity index (χ4n) is 2.28. The van der Waals surface area contributed by atoms with E-state index < -0.39 is 0 Å². The Balaban J connectivity index is 1.84. The first-order valence-electron chi connectivity index (χ1n) is 7.13. The third kappa shape index (κ3) is 3.44. The van der Waals surface area contributed by atoms with Crippen LogP contribution < -0.4 is 5.32 Å². The predicted molar refractivity (Wildman–Crippen MR) is 96.4 cm³/mol. The summed E-state index contributed by atoms with van der Waals surface area (Å²) < 4.78 is 0. The van der Waals surface area contributed by atoms with Gasteiger partial charge < -0.3 is 0 Å². The SMILES string of the molecule is Cc1ccc(C)c(-c2csc(NC(=O)c3ccccc3Cl)n2)c1. The first-order valence-corrected chi connectivity index (χ1v) is 8.39. The van der Waals surface area contributed by atoms with Crippen LogP contribution in [0, 0.1) is 13.8 Å². The monoisotopic (exact) mass is 342 g/mol. The summed E-state index contributed by atoms with van der Waals surface area (Å²) in [5.74, 6) is -0.252. The Morgan fingerprint density at radius 3 is 2.74 bits per heavy atom. The molecule has 0 radical (unpaired) electrons. The van der Waals surface area contributed by atoms with Gasteiger partial charge in [-0.05, 0) is 37.6 Å². The molecule has 3 nitrogen and oxygen atoms in total. The molecular weight excluding hydrogens is 328 g/mol. The highest BCUT2D eigenvalue weighted by atomic mass is 35.5. The average Bonchev–Trinajstić information content (AvgIpc) is 2.98. The summed E-state index contributed by atoms with van der Waals surface area (Å²) in [6, 6.07) is 13.2. The van der Waals surface area contributed by atoms with Crippen molar-refractivity contribution < 1.29 is 4.79 Å². The number of anilines is 1. The summed E-state index contributed by atoms with van der Waals surface area (Å²) in [6.45, 7) is 4.10. The number of aromatic nitrogens is 1. The summed E-state index contributed by atoms with van der Waals surface area (Å²) in [5, 5.41) is 5.74. The maximum absolute atomic E-state index is 12.3. The van der Waals surface area contributed by atoms with Gasteiger partial charge in [0.1, 0.15) is 0 Å². The second-order valence-electron chi connectivity index (χ2n) is 5.29. The lowest BCUT2D eigenvalue weighted by Gasteiger charge is -2.05. The molecule has 0 fully saturated rings. The van der Waals surface area contributed by atoms with E-state index in [1.165, 1.54) is 16.9 Å². The average molecular weight is 343 g/mol. The summed E-state index contributed by atoms with van der Waals surface area (Å²) in [6.07, 6.45) is 0. The topological polar surface area (TPSA) is 42.0 Å². The van der Waals surface area contributed by atoms with Gasteiger partial charge in [0.05, 0.1) is 16.3 Å². The number of thiazole rings is 1. The number of carbonyl (C=O) groups is 1. The van der Waals surface area contributed by atoms with Gasteiger partial charge in [0.25, 0.3) is 5.91 Å². The Labute approximate surface area is 144 Å². The molecule has 0 spiro atoms. The van der Waals surface area contributed by atoms with Crippen LogP contribution in [0.2, 0.25) is 5.02 Å². The molecule has 0 unspecified atom stereocenters. The Kier molecular flexibility index (Phi) is 4.46. The minimum Gasteiger partial charge on any atom is -0.298 e. The summed E-state index contributed by atoms with van der Waals surface area (Å²) in [5.41, 5.74) is 4.73. The van der Waals surface area contributed by atoms with Crippen LogP contribution in [0.25, 0.3) is 11.3 Å². The van der Waals surface area contributed by atoms with Crippen LogP contribution in [0.1, 0.15) is 21.5 Å². The van der Waals surface area contributed by atoms with E-state index in [-0.39, 0.29) is 5.91 Å². The highest BCUT2D eigenvalue weighted by Crippen LogP contribution is 2.28. The molecule has 0 saturated carbocycles. The summed E-state index contributed by atoms with van der Waals surface area (Å²) in [7, 11) is 0. The van der Waals surface area contributed by atoms with Crippen LogP contribution in [0.3, 0.4) is 0 Å². The van der Waals surface area contributed by atoms with E-state index in [0.717, 1.165) is 16.8 Å². The second kappa shape index (κ2) is 6.52. The van der Waals surface area contributed by atoms with Crippen molar-refractivity contribution in [3.05, 3.63) is 69.6 Å². The van der Waals surface area contributed by atoms with Gasteiger partial charge in [-0.25, -0.2) is 4.98 Å². The molecule has 0 atom stereocenters. The van der Waals surface area contributed by atoms with Gasteiger partial charge in [-0.3, -0.25) is 10.1 Å². The highest BCUT2D eigenvalue weighted by Gasteiger charge is 2.13. The molecule has 0 bridgehead atoms. The summed E-state index contributed by atoms with van der Waals surface area (Å²) in [4.78, 5) is 16.8. The number of amides is 1. The molecule has 1 N–H and O–H groups in total. The Bertz CT molecular complexity index is 873. The Morgan fingerprint density at radius 1 is 1.17 bits per heavy atom. The van der Waals surface area contributed by atoms with E-state index in [2.05, 4.69) is 42.3 Å². The van der Waals surface area contributed by atoms with E-state index in [9.17, 15) is 4.79 Å². The molecule has 1 heterocycles. The van der Waals surface area contributed by atoms with Crippen molar-refractivity contribution >= 4 is 34.0 Å². The lowest BCUT2D eigenvalue weighted by Crippen LogP contribution is -2.12. The van der Waals surface area contributed by atoms with Crippen LogP contribution in [-0.2, 0) is 0 Å². The van der Waals surface area contributed by atoms with Crippen molar-refractivity contribution in [1.29, 1.82) is 0 Å². The first kappa shape index (κ1) is 15.7. The molecule has 5 heteroatoms. The largest absolute Gasteiger partial charge is 0.298 e. The highest BCUT2D eigenvalue weighted by molar-refractivity contribution is 7.14. The standard InChI is InChI=1S/C18H15ClN2OS/c1-11-7-8-12(2)14(9-11)16-10-23-18(20-16)21-17(22)13-5-3-4-6-15(13)19/h3-10H,1-2H3,(H,20,21,22). The zero-order chi connectivity index (χ0) is 16.4. The number of aryl methyl sites for hydroxylation is 2. The normalized spacial score (nSPS) is 10.6. The van der Waals surface area contributed by atoms with E-state index in [4.69, 9.17) is 11.6 Å². The van der Waals surface area contributed by atoms with Gasteiger partial charge in [0, 0.05) is 10.9 Å². The molecule has 0 aliphatic rings. The van der Waals surface area contributed by atoms with Gasteiger partial charge in [-0.2, -0.15) is 0 Å². The minimum absolute atomic E-state index is 0.252. The van der Waals surface area contributed by atoms with Gasteiger partial charge >= 0.3 is 0 Å². The molecule has 0 aliphatic carbocycles. The van der Waals surface area contributed by atoms with E-state index >= 15 is 0 Å². The van der Waals surface area contributed by atoms with E-state index in [1.807, 2.05) is 5.38 Å². The third-order valence-electron chi connectivity index (χ3n) is 3.51. The zero-order valence-electron chi connectivity index (χ0n) is 12.8. The smallest absolute Gasteiger partial charge is 0.258 e. The Morgan fingerprint density at radius 2 is 1.96 bits per heavy atom. The summed E-state index contributed by atoms with van der Waals surface area (Å²) >= 11 is 7.45. The van der Waals surface area contributed by atoms with Crippen molar-refractivity contribution in [2.24, 2.45) is 0 Å². The molecule has 3 rings (SSSR count). The lowest BCUT2D eigenvalue weighted by molar-refractivity contribution is 0.102. The van der Waals surface area contributed by atoms with Crippen molar-refractivity contribution in [2.45, 2.75) is 13.8 Å². The zero-order valence-corrected chi connectivity index (χ0v) is 14.3. The first-order chi connectivity index (χ1) is 11.0. The molecule has 2 aromatic carbocycles. The Hall–Kier alpha value is -2.17. The number of rotatable bonds is 3. The van der Waals surface area contributed by atoms with Crippen molar-refractivity contribution in [3.63, 3.8) is 0 Å². The van der Waals surface area contributed by atoms with Gasteiger partial charge in [-0.15, -0.1) is 11.3 Å². The number of hydrogen-bond acceptors (Lipinski definition) is 3. The van der Waals surface area contributed by atoms with Crippen LogP contribution in [0.5, 0.6) is 0 Å². The van der Waals surface area contributed by atoms with Gasteiger partial charge in [0.15, 0.2) is 5.13 Å². The molecule has 0 aliphatic heterocycles. The van der Waals surface area contributed by atoms with Crippen LogP contribution in [0.4, 0.5) is 5.13 Å². The molecule has 23 heavy (non-hydrogen) atoms. The quantitative estimate of drug-likeness (QED) is 0.698. The number of carbonyl (C=O) groups excluding carboxylic acids is 1. The number of benzene rings is 2. The van der Waals surface area contributed by atoms with Gasteiger partial charge in [-0.1, -0.05) is 41.4 Å². The van der Waals surface area contributed by atoms with Crippen molar-refractivity contribution in [2.75, 3.05) is 5.32 Å². The fraction of sp³-hybridized carbons (Fsp3) is 0.111. The maximum Gasteiger partial charge on any atom is 0.258 e. The maximum atomic E-state index is 12.3. The predicted octanol–water partition coefficient (Wildman–Crippen LogP) is 5.33. The number of nitrogens with zero attached hydrogens (tertiary/aromatic N) is 1. The lowest BCUT2D eigenvalue weighted by atomic mass is 10.0. The number of hydrogen-bond donors (Lipinski definition) is 1. The molecule has 0 saturated heterocycles. The molecule has 3 aromatic rings. The molecule has 1 aromatic heterocycles.